The molecule has 1 atom stereocenters. The van der Waals surface area contributed by atoms with Gasteiger partial charge in [0, 0.05) is 26.0 Å². The van der Waals surface area contributed by atoms with Gasteiger partial charge in [-0.05, 0) is 41.5 Å². The molecular formula is C27H34N2O6. The number of carbonyl (C=O) groups is 3. The van der Waals surface area contributed by atoms with E-state index in [-0.39, 0.29) is 31.9 Å². The standard InChI is InChI=1S/C27H34N2O6/c1-4-27(5-2,34-3)17-28-25(32)23(14-15-24(30)31)29-26(33)35-16-22-20-12-8-6-10-18(20)19-11-7-9-13-21(19)22/h6-13,22-23H,4-5,14-17H2,1-3H3,(H,28,32)(H,29,33)(H,30,31). The van der Waals surface area contributed by atoms with Crippen molar-refractivity contribution in [2.75, 3.05) is 20.3 Å². The number of alkyl carbamates (subject to hydrolysis) is 1. The first-order valence-electron chi connectivity index (χ1n) is 12.0. The van der Waals surface area contributed by atoms with Crippen molar-refractivity contribution in [3.05, 3.63) is 59.7 Å². The predicted molar refractivity (Wildman–Crippen MR) is 132 cm³/mol. The van der Waals surface area contributed by atoms with Gasteiger partial charge in [-0.3, -0.25) is 9.59 Å². The minimum absolute atomic E-state index is 0.0520. The second kappa shape index (κ2) is 11.8. The van der Waals surface area contributed by atoms with Gasteiger partial charge in [-0.2, -0.15) is 0 Å². The zero-order valence-electron chi connectivity index (χ0n) is 20.5. The van der Waals surface area contributed by atoms with Crippen LogP contribution in [0.3, 0.4) is 0 Å². The normalized spacial score (nSPS) is 13.5. The number of carboxylic acid groups (broad SMARTS) is 1. The Morgan fingerprint density at radius 2 is 1.57 bits per heavy atom. The van der Waals surface area contributed by atoms with Crippen LogP contribution in [0.2, 0.25) is 0 Å². The highest BCUT2D eigenvalue weighted by Gasteiger charge is 2.31. The van der Waals surface area contributed by atoms with Crippen LogP contribution in [0.25, 0.3) is 11.1 Å². The lowest BCUT2D eigenvalue weighted by Gasteiger charge is -2.31. The van der Waals surface area contributed by atoms with Crippen LogP contribution in [0, 0.1) is 0 Å². The molecule has 1 aliphatic carbocycles. The van der Waals surface area contributed by atoms with E-state index in [0.717, 1.165) is 22.3 Å². The van der Waals surface area contributed by atoms with E-state index < -0.39 is 29.6 Å². The minimum atomic E-state index is -1.05. The summed E-state index contributed by atoms with van der Waals surface area (Å²) in [6.45, 7) is 4.29. The molecule has 2 aromatic carbocycles. The van der Waals surface area contributed by atoms with E-state index in [1.165, 1.54) is 0 Å². The summed E-state index contributed by atoms with van der Waals surface area (Å²) in [6.07, 6.45) is 0.309. The van der Waals surface area contributed by atoms with Gasteiger partial charge in [0.15, 0.2) is 0 Å². The number of hydrogen-bond acceptors (Lipinski definition) is 5. The fourth-order valence-electron chi connectivity index (χ4n) is 4.55. The van der Waals surface area contributed by atoms with Crippen molar-refractivity contribution < 1.29 is 29.0 Å². The van der Waals surface area contributed by atoms with Gasteiger partial charge >= 0.3 is 12.1 Å². The first kappa shape index (κ1) is 26.2. The number of rotatable bonds is 12. The maximum Gasteiger partial charge on any atom is 0.407 e. The highest BCUT2D eigenvalue weighted by atomic mass is 16.5. The van der Waals surface area contributed by atoms with Gasteiger partial charge in [-0.15, -0.1) is 0 Å². The van der Waals surface area contributed by atoms with Crippen LogP contribution in [0.15, 0.2) is 48.5 Å². The van der Waals surface area contributed by atoms with Gasteiger partial charge in [0.05, 0.1) is 5.60 Å². The first-order valence-corrected chi connectivity index (χ1v) is 12.0. The highest BCUT2D eigenvalue weighted by Crippen LogP contribution is 2.44. The van der Waals surface area contributed by atoms with Crippen LogP contribution in [-0.4, -0.2) is 55.0 Å². The van der Waals surface area contributed by atoms with Crippen molar-refractivity contribution in [1.29, 1.82) is 0 Å². The fourth-order valence-corrected chi connectivity index (χ4v) is 4.55. The molecule has 8 nitrogen and oxygen atoms in total. The third kappa shape index (κ3) is 6.19. The van der Waals surface area contributed by atoms with E-state index >= 15 is 0 Å². The van der Waals surface area contributed by atoms with Crippen LogP contribution < -0.4 is 10.6 Å². The average molecular weight is 483 g/mol. The first-order chi connectivity index (χ1) is 16.8. The van der Waals surface area contributed by atoms with Crippen molar-refractivity contribution in [3.8, 4) is 11.1 Å². The summed E-state index contributed by atoms with van der Waals surface area (Å²) in [5, 5.41) is 14.4. The summed E-state index contributed by atoms with van der Waals surface area (Å²) in [5.74, 6) is -1.63. The SMILES string of the molecule is CCC(CC)(CNC(=O)C(CCC(=O)O)NC(=O)OCC1c2ccccc2-c2ccccc21)OC. The number of carboxylic acids is 1. The maximum absolute atomic E-state index is 12.8. The van der Waals surface area contributed by atoms with Crippen LogP contribution >= 0.6 is 0 Å². The zero-order chi connectivity index (χ0) is 25.4. The lowest BCUT2D eigenvalue weighted by molar-refractivity contribution is -0.137. The van der Waals surface area contributed by atoms with Gasteiger partial charge in [0.25, 0.3) is 0 Å². The van der Waals surface area contributed by atoms with Gasteiger partial charge in [-0.25, -0.2) is 4.79 Å². The van der Waals surface area contributed by atoms with Crippen LogP contribution in [0.5, 0.6) is 0 Å². The van der Waals surface area contributed by atoms with Gasteiger partial charge < -0.3 is 25.2 Å². The zero-order valence-corrected chi connectivity index (χ0v) is 20.5. The van der Waals surface area contributed by atoms with E-state index in [1.807, 2.05) is 62.4 Å². The van der Waals surface area contributed by atoms with E-state index in [1.54, 1.807) is 7.11 Å². The summed E-state index contributed by atoms with van der Waals surface area (Å²) in [5.41, 5.74) is 3.87. The maximum atomic E-state index is 12.8. The number of amides is 2. The molecule has 8 heteroatoms. The molecule has 0 radical (unpaired) electrons. The van der Waals surface area contributed by atoms with E-state index in [2.05, 4.69) is 10.6 Å². The van der Waals surface area contributed by atoms with E-state index in [0.29, 0.717) is 12.8 Å². The molecular weight excluding hydrogens is 448 g/mol. The molecule has 188 valence electrons. The van der Waals surface area contributed by atoms with Crippen LogP contribution in [0.4, 0.5) is 4.79 Å². The largest absolute Gasteiger partial charge is 0.481 e. The average Bonchev–Trinajstić information content (AvgIpc) is 3.20. The molecule has 0 heterocycles. The Morgan fingerprint density at radius 3 is 2.09 bits per heavy atom. The number of methoxy groups -OCH3 is 1. The van der Waals surface area contributed by atoms with Crippen molar-refractivity contribution >= 4 is 18.0 Å². The number of ether oxygens (including phenoxy) is 2. The molecule has 1 unspecified atom stereocenters. The van der Waals surface area contributed by atoms with Gasteiger partial charge in [0.2, 0.25) is 5.91 Å². The third-order valence-corrected chi connectivity index (χ3v) is 6.91. The number of hydrogen-bond donors (Lipinski definition) is 3. The minimum Gasteiger partial charge on any atom is -0.481 e. The Kier molecular flexibility index (Phi) is 8.87. The highest BCUT2D eigenvalue weighted by molar-refractivity contribution is 5.86. The summed E-state index contributed by atoms with van der Waals surface area (Å²) in [7, 11) is 1.59. The molecule has 2 aromatic rings. The Hall–Kier alpha value is -3.39. The predicted octanol–water partition coefficient (Wildman–Crippen LogP) is 4.08. The summed E-state index contributed by atoms with van der Waals surface area (Å²) >= 11 is 0. The van der Waals surface area contributed by atoms with E-state index in [4.69, 9.17) is 14.6 Å². The van der Waals surface area contributed by atoms with Crippen molar-refractivity contribution in [2.24, 2.45) is 0 Å². The third-order valence-electron chi connectivity index (χ3n) is 6.91. The number of fused-ring (bicyclic) bond motifs is 3. The monoisotopic (exact) mass is 482 g/mol. The fraction of sp³-hybridized carbons (Fsp3) is 0.444. The van der Waals surface area contributed by atoms with Crippen molar-refractivity contribution in [2.45, 2.75) is 57.1 Å². The Balaban J connectivity index is 1.65. The smallest absolute Gasteiger partial charge is 0.407 e. The molecule has 35 heavy (non-hydrogen) atoms. The Morgan fingerprint density at radius 1 is 1.00 bits per heavy atom. The molecule has 1 aliphatic rings. The summed E-state index contributed by atoms with van der Waals surface area (Å²) in [6, 6.07) is 15.0. The van der Waals surface area contributed by atoms with Crippen molar-refractivity contribution in [3.63, 3.8) is 0 Å². The molecule has 3 rings (SSSR count). The lowest BCUT2D eigenvalue weighted by atomic mass is 9.97. The molecule has 0 aromatic heterocycles. The second-order valence-corrected chi connectivity index (χ2v) is 8.77. The molecule has 0 saturated carbocycles. The quantitative estimate of drug-likeness (QED) is 0.420. The molecule has 2 amide bonds. The number of carbonyl (C=O) groups excluding carboxylic acids is 2. The van der Waals surface area contributed by atoms with Crippen LogP contribution in [-0.2, 0) is 19.1 Å². The summed E-state index contributed by atoms with van der Waals surface area (Å²) < 4.78 is 11.1. The number of aliphatic carboxylic acids is 1. The molecule has 0 fully saturated rings. The Bertz CT molecular complexity index is 996. The number of benzene rings is 2. The Labute approximate surface area is 206 Å². The second-order valence-electron chi connectivity index (χ2n) is 8.77. The topological polar surface area (TPSA) is 114 Å². The molecule has 3 N–H and O–H groups in total. The van der Waals surface area contributed by atoms with Crippen LogP contribution in [0.1, 0.15) is 56.6 Å². The van der Waals surface area contributed by atoms with Gasteiger partial charge in [-0.1, -0.05) is 62.4 Å². The molecule has 0 spiro atoms. The molecule has 0 saturated heterocycles. The summed E-state index contributed by atoms with van der Waals surface area (Å²) in [4.78, 5) is 36.6. The lowest BCUT2D eigenvalue weighted by Crippen LogP contribution is -2.51. The number of nitrogens with one attached hydrogen (secondary N) is 2. The van der Waals surface area contributed by atoms with Gasteiger partial charge in [0.1, 0.15) is 12.6 Å². The van der Waals surface area contributed by atoms with Crippen molar-refractivity contribution in [1.82, 2.24) is 10.6 Å². The van der Waals surface area contributed by atoms with E-state index in [9.17, 15) is 14.4 Å². The molecule has 0 bridgehead atoms. The molecule has 0 aliphatic heterocycles.